The molecule has 0 saturated carbocycles. The summed E-state index contributed by atoms with van der Waals surface area (Å²) in [7, 11) is -4.15. The number of carbonyl (C=O) groups is 1. The third-order valence-electron chi connectivity index (χ3n) is 3.73. The van der Waals surface area contributed by atoms with Crippen molar-refractivity contribution in [2.75, 3.05) is 0 Å². The molecule has 1 aromatic heterocycles. The first kappa shape index (κ1) is 17.1. The number of halogens is 1. The number of para-hydroxylation sites is 1. The molecule has 3 rings (SSSR count). The van der Waals surface area contributed by atoms with Gasteiger partial charge in [-0.1, -0.05) is 29.8 Å². The van der Waals surface area contributed by atoms with Crippen LogP contribution in [0, 0.1) is 10.1 Å². The summed E-state index contributed by atoms with van der Waals surface area (Å²) in [5, 5.41) is 11.3. The molecule has 0 spiro atoms. The van der Waals surface area contributed by atoms with E-state index in [0.29, 0.717) is 10.9 Å². The van der Waals surface area contributed by atoms with E-state index in [-0.39, 0.29) is 21.3 Å². The number of Topliss-reactive ketones (excluding diaryl/α,β-unsaturated/α-hetero) is 1. The van der Waals surface area contributed by atoms with Crippen LogP contribution in [0.3, 0.4) is 0 Å². The molecule has 128 valence electrons. The highest BCUT2D eigenvalue weighted by Gasteiger charge is 2.25. The van der Waals surface area contributed by atoms with Crippen molar-refractivity contribution >= 4 is 44.0 Å². The van der Waals surface area contributed by atoms with E-state index in [0.717, 1.165) is 16.1 Å². The lowest BCUT2D eigenvalue weighted by molar-refractivity contribution is -0.384. The molecule has 0 radical (unpaired) electrons. The zero-order valence-corrected chi connectivity index (χ0v) is 14.4. The number of rotatable bonds is 4. The van der Waals surface area contributed by atoms with Crippen LogP contribution in [0.15, 0.2) is 53.6 Å². The summed E-state index contributed by atoms with van der Waals surface area (Å²) in [5.74, 6) is -0.285. The van der Waals surface area contributed by atoms with Gasteiger partial charge in [-0.15, -0.1) is 0 Å². The molecule has 0 atom stereocenters. The Bertz CT molecular complexity index is 1130. The van der Waals surface area contributed by atoms with Gasteiger partial charge in [0.2, 0.25) is 0 Å². The lowest BCUT2D eigenvalue weighted by Gasteiger charge is -2.08. The SMILES string of the molecule is CC(=O)c1cn(S(=O)(=O)c2ccc(Cl)c([N+](=O)[O-])c2)c2ccccc12. The van der Waals surface area contributed by atoms with Crippen LogP contribution in [0.1, 0.15) is 17.3 Å². The molecule has 1 heterocycles. The normalized spacial score (nSPS) is 11.6. The zero-order chi connectivity index (χ0) is 18.4. The molecule has 0 aliphatic rings. The van der Waals surface area contributed by atoms with Crippen LogP contribution in [0.25, 0.3) is 10.9 Å². The Balaban J connectivity index is 2.29. The van der Waals surface area contributed by atoms with Crippen LogP contribution in [0.2, 0.25) is 5.02 Å². The Kier molecular flexibility index (Phi) is 4.09. The van der Waals surface area contributed by atoms with Gasteiger partial charge in [-0.05, 0) is 25.1 Å². The molecule has 0 aliphatic heterocycles. The molecular weight excluding hydrogens is 368 g/mol. The first-order valence-corrected chi connectivity index (χ1v) is 8.86. The summed E-state index contributed by atoms with van der Waals surface area (Å²) in [6.45, 7) is 1.34. The average molecular weight is 379 g/mol. The number of benzene rings is 2. The van der Waals surface area contributed by atoms with E-state index in [1.807, 2.05) is 0 Å². The first-order chi connectivity index (χ1) is 11.7. The average Bonchev–Trinajstić information content (AvgIpc) is 2.95. The topological polar surface area (TPSA) is 99.3 Å². The number of hydrogen-bond donors (Lipinski definition) is 0. The van der Waals surface area contributed by atoms with Gasteiger partial charge < -0.3 is 0 Å². The zero-order valence-electron chi connectivity index (χ0n) is 12.8. The summed E-state index contributed by atoms with van der Waals surface area (Å²) >= 11 is 5.74. The number of fused-ring (bicyclic) bond motifs is 1. The van der Waals surface area contributed by atoms with Crippen molar-refractivity contribution in [1.29, 1.82) is 0 Å². The highest BCUT2D eigenvalue weighted by Crippen LogP contribution is 2.30. The van der Waals surface area contributed by atoms with Crippen LogP contribution in [-0.2, 0) is 10.0 Å². The fourth-order valence-corrected chi connectivity index (χ4v) is 4.11. The minimum atomic E-state index is -4.15. The van der Waals surface area contributed by atoms with E-state index in [1.54, 1.807) is 24.3 Å². The number of nitro benzene ring substituents is 1. The van der Waals surface area contributed by atoms with Crippen LogP contribution in [0.4, 0.5) is 5.69 Å². The van der Waals surface area contributed by atoms with E-state index in [1.165, 1.54) is 19.2 Å². The molecule has 0 bridgehead atoms. The van der Waals surface area contributed by atoms with Gasteiger partial charge in [0.05, 0.1) is 15.3 Å². The van der Waals surface area contributed by atoms with Crippen LogP contribution < -0.4 is 0 Å². The summed E-state index contributed by atoms with van der Waals surface area (Å²) in [6, 6.07) is 9.78. The van der Waals surface area contributed by atoms with Crippen LogP contribution in [0.5, 0.6) is 0 Å². The molecule has 9 heteroatoms. The second-order valence-corrected chi connectivity index (χ2v) is 7.51. The lowest BCUT2D eigenvalue weighted by Crippen LogP contribution is -2.12. The van der Waals surface area contributed by atoms with E-state index in [9.17, 15) is 23.3 Å². The second-order valence-electron chi connectivity index (χ2n) is 5.29. The van der Waals surface area contributed by atoms with E-state index >= 15 is 0 Å². The Morgan fingerprint density at radius 1 is 1.20 bits per heavy atom. The van der Waals surface area contributed by atoms with Gasteiger partial charge in [0.25, 0.3) is 15.7 Å². The van der Waals surface area contributed by atoms with Gasteiger partial charge in [0, 0.05) is 23.2 Å². The molecule has 2 aromatic carbocycles. The minimum absolute atomic E-state index is 0.161. The molecule has 0 aliphatic carbocycles. The van der Waals surface area contributed by atoms with Crippen LogP contribution in [-0.4, -0.2) is 23.1 Å². The van der Waals surface area contributed by atoms with Crippen molar-refractivity contribution < 1.29 is 18.1 Å². The Labute approximate surface area is 147 Å². The maximum atomic E-state index is 13.0. The van der Waals surface area contributed by atoms with Crippen molar-refractivity contribution in [3.8, 4) is 0 Å². The molecule has 0 N–H and O–H groups in total. The molecule has 7 nitrogen and oxygen atoms in total. The Morgan fingerprint density at radius 2 is 1.88 bits per heavy atom. The maximum Gasteiger partial charge on any atom is 0.289 e. The van der Waals surface area contributed by atoms with E-state index in [4.69, 9.17) is 11.6 Å². The highest BCUT2D eigenvalue weighted by atomic mass is 35.5. The molecule has 0 unspecified atom stereocenters. The molecule has 3 aromatic rings. The molecule has 25 heavy (non-hydrogen) atoms. The first-order valence-electron chi connectivity index (χ1n) is 7.04. The summed E-state index contributed by atoms with van der Waals surface area (Å²) < 4.78 is 26.9. The van der Waals surface area contributed by atoms with Gasteiger partial charge in [-0.2, -0.15) is 0 Å². The van der Waals surface area contributed by atoms with Gasteiger partial charge in [-0.3, -0.25) is 14.9 Å². The second kappa shape index (κ2) is 5.98. The quantitative estimate of drug-likeness (QED) is 0.392. The molecule has 0 saturated heterocycles. The van der Waals surface area contributed by atoms with Gasteiger partial charge in [-0.25, -0.2) is 12.4 Å². The number of carbonyl (C=O) groups excluding carboxylic acids is 1. The number of nitrogens with zero attached hydrogens (tertiary/aromatic N) is 2. The smallest absolute Gasteiger partial charge is 0.289 e. The van der Waals surface area contributed by atoms with Crippen molar-refractivity contribution in [3.63, 3.8) is 0 Å². The summed E-state index contributed by atoms with van der Waals surface area (Å²) in [4.78, 5) is 21.8. The monoisotopic (exact) mass is 378 g/mol. The Morgan fingerprint density at radius 3 is 2.52 bits per heavy atom. The van der Waals surface area contributed by atoms with Crippen molar-refractivity contribution in [2.24, 2.45) is 0 Å². The van der Waals surface area contributed by atoms with Crippen molar-refractivity contribution in [3.05, 3.63) is 69.4 Å². The maximum absolute atomic E-state index is 13.0. The number of nitro groups is 1. The predicted octanol–water partition coefficient (Wildman–Crippen LogP) is 3.64. The molecular formula is C16H11ClN2O5S. The lowest BCUT2D eigenvalue weighted by atomic mass is 10.1. The summed E-state index contributed by atoms with van der Waals surface area (Å²) in [6.07, 6.45) is 1.22. The Hall–Kier alpha value is -2.71. The van der Waals surface area contributed by atoms with Gasteiger partial charge in [0.15, 0.2) is 5.78 Å². The highest BCUT2D eigenvalue weighted by molar-refractivity contribution is 7.90. The van der Waals surface area contributed by atoms with E-state index < -0.39 is 20.6 Å². The minimum Gasteiger partial charge on any atom is -0.294 e. The largest absolute Gasteiger partial charge is 0.294 e. The number of ketones is 1. The fourth-order valence-electron chi connectivity index (χ4n) is 2.54. The van der Waals surface area contributed by atoms with Crippen molar-refractivity contribution in [1.82, 2.24) is 3.97 Å². The molecule has 0 fully saturated rings. The third kappa shape index (κ3) is 2.79. The van der Waals surface area contributed by atoms with Gasteiger partial charge in [0.1, 0.15) is 5.02 Å². The summed E-state index contributed by atoms with van der Waals surface area (Å²) in [5.41, 5.74) is 0.0546. The van der Waals surface area contributed by atoms with Gasteiger partial charge >= 0.3 is 0 Å². The molecule has 0 amide bonds. The standard InChI is InChI=1S/C16H11ClN2O5S/c1-10(20)13-9-18(15-5-3-2-4-12(13)15)25(23,24)11-6-7-14(17)16(8-11)19(21)22/h2-9H,1H3. The number of aromatic nitrogens is 1. The van der Waals surface area contributed by atoms with Crippen molar-refractivity contribution in [2.45, 2.75) is 11.8 Å². The number of hydrogen-bond acceptors (Lipinski definition) is 5. The fraction of sp³-hybridized carbons (Fsp3) is 0.0625. The predicted molar refractivity (Wildman–Crippen MR) is 92.6 cm³/mol. The van der Waals surface area contributed by atoms with E-state index in [2.05, 4.69) is 0 Å². The third-order valence-corrected chi connectivity index (χ3v) is 5.72. The van der Waals surface area contributed by atoms with Crippen LogP contribution >= 0.6 is 11.6 Å².